The molecule has 0 aliphatic heterocycles. The average Bonchev–Trinajstić information content (AvgIpc) is 2.35. The van der Waals surface area contributed by atoms with Gasteiger partial charge in [-0.2, -0.15) is 0 Å². The molecule has 0 aromatic rings. The molecular weight excluding hydrogens is 230 g/mol. The van der Waals surface area contributed by atoms with Crippen molar-refractivity contribution in [2.45, 2.75) is 76.7 Å². The number of unbranched alkanes of at least 4 members (excludes halogenated alkanes) is 3. The molecule has 0 saturated heterocycles. The van der Waals surface area contributed by atoms with E-state index in [0.717, 1.165) is 44.9 Å². The maximum Gasteiger partial charge on any atom is 0.329 e. The molecule has 0 atom stereocenters. The third-order valence-electron chi connectivity index (χ3n) is 3.75. The minimum absolute atomic E-state index is 0.101. The molecule has 0 radical (unpaired) electrons. The van der Waals surface area contributed by atoms with Gasteiger partial charge < -0.3 is 10.4 Å². The molecule has 1 aliphatic carbocycles. The van der Waals surface area contributed by atoms with Crippen LogP contribution in [-0.4, -0.2) is 22.5 Å². The first-order valence-corrected chi connectivity index (χ1v) is 7.15. The molecule has 0 bridgehead atoms. The minimum Gasteiger partial charge on any atom is -0.480 e. The van der Waals surface area contributed by atoms with Crippen molar-refractivity contribution in [1.82, 2.24) is 5.32 Å². The number of hydrogen-bond acceptors (Lipinski definition) is 2. The number of hydrogen-bond donors (Lipinski definition) is 2. The highest BCUT2D eigenvalue weighted by Gasteiger charge is 2.40. The third-order valence-corrected chi connectivity index (χ3v) is 3.75. The van der Waals surface area contributed by atoms with Crippen molar-refractivity contribution in [3.63, 3.8) is 0 Å². The van der Waals surface area contributed by atoms with Crippen LogP contribution in [0.4, 0.5) is 0 Å². The molecule has 0 spiro atoms. The Morgan fingerprint density at radius 2 is 1.78 bits per heavy atom. The Labute approximate surface area is 109 Å². The van der Waals surface area contributed by atoms with E-state index >= 15 is 0 Å². The second-order valence-electron chi connectivity index (χ2n) is 5.31. The highest BCUT2D eigenvalue weighted by atomic mass is 16.4. The summed E-state index contributed by atoms with van der Waals surface area (Å²) in [6.45, 7) is 2.13. The molecule has 0 aromatic heterocycles. The van der Waals surface area contributed by atoms with E-state index in [9.17, 15) is 14.7 Å². The van der Waals surface area contributed by atoms with E-state index in [-0.39, 0.29) is 5.91 Å². The van der Waals surface area contributed by atoms with Crippen LogP contribution in [-0.2, 0) is 9.59 Å². The Morgan fingerprint density at radius 1 is 1.11 bits per heavy atom. The summed E-state index contributed by atoms with van der Waals surface area (Å²) in [7, 11) is 0. The molecule has 4 nitrogen and oxygen atoms in total. The lowest BCUT2D eigenvalue weighted by Crippen LogP contribution is -2.55. The van der Waals surface area contributed by atoms with Crippen molar-refractivity contribution in [3.8, 4) is 0 Å². The monoisotopic (exact) mass is 255 g/mol. The molecule has 1 rings (SSSR count). The van der Waals surface area contributed by atoms with Crippen molar-refractivity contribution in [3.05, 3.63) is 0 Å². The summed E-state index contributed by atoms with van der Waals surface area (Å²) in [5.41, 5.74) is -0.986. The Hall–Kier alpha value is -1.06. The number of rotatable bonds is 7. The lowest BCUT2D eigenvalue weighted by atomic mass is 9.81. The van der Waals surface area contributed by atoms with Gasteiger partial charge in [0.05, 0.1) is 0 Å². The fourth-order valence-corrected chi connectivity index (χ4v) is 2.59. The van der Waals surface area contributed by atoms with E-state index in [1.165, 1.54) is 0 Å². The summed E-state index contributed by atoms with van der Waals surface area (Å²) in [4.78, 5) is 23.2. The van der Waals surface area contributed by atoms with Gasteiger partial charge in [0, 0.05) is 6.42 Å². The van der Waals surface area contributed by atoms with E-state index < -0.39 is 11.5 Å². The lowest BCUT2D eigenvalue weighted by Gasteiger charge is -2.34. The van der Waals surface area contributed by atoms with E-state index in [1.807, 2.05) is 0 Å². The molecular formula is C14H25NO3. The summed E-state index contributed by atoms with van der Waals surface area (Å²) in [5.74, 6) is -0.973. The Bertz CT molecular complexity index is 283. The van der Waals surface area contributed by atoms with Crippen LogP contribution in [0.5, 0.6) is 0 Å². The van der Waals surface area contributed by atoms with E-state index in [0.29, 0.717) is 19.3 Å². The highest BCUT2D eigenvalue weighted by Crippen LogP contribution is 2.28. The zero-order valence-electron chi connectivity index (χ0n) is 11.3. The number of carbonyl (C=O) groups is 2. The van der Waals surface area contributed by atoms with Crippen LogP contribution in [0.15, 0.2) is 0 Å². The molecule has 0 aromatic carbocycles. The number of carboxylic acid groups (broad SMARTS) is 1. The van der Waals surface area contributed by atoms with Gasteiger partial charge in [-0.3, -0.25) is 4.79 Å². The van der Waals surface area contributed by atoms with Gasteiger partial charge in [0.15, 0.2) is 0 Å². The van der Waals surface area contributed by atoms with Gasteiger partial charge in [-0.15, -0.1) is 0 Å². The smallest absolute Gasteiger partial charge is 0.329 e. The number of carboxylic acids is 1. The van der Waals surface area contributed by atoms with Crippen molar-refractivity contribution < 1.29 is 14.7 Å². The first-order chi connectivity index (χ1) is 8.60. The third kappa shape index (κ3) is 4.31. The SMILES string of the molecule is CCCCCCC(=O)NC1(C(=O)O)CCCCC1. The fraction of sp³-hybridized carbons (Fsp3) is 0.857. The van der Waals surface area contributed by atoms with Gasteiger partial charge in [-0.1, -0.05) is 45.4 Å². The molecule has 0 heterocycles. The van der Waals surface area contributed by atoms with Gasteiger partial charge in [-0.25, -0.2) is 4.79 Å². The number of nitrogens with one attached hydrogen (secondary N) is 1. The standard InChI is InChI=1S/C14H25NO3/c1-2-3-4-6-9-12(16)15-14(13(17)18)10-7-5-8-11-14/h2-11H2,1H3,(H,15,16)(H,17,18). The van der Waals surface area contributed by atoms with Gasteiger partial charge in [0.1, 0.15) is 5.54 Å². The molecule has 1 saturated carbocycles. The predicted molar refractivity (Wildman–Crippen MR) is 70.4 cm³/mol. The first-order valence-electron chi connectivity index (χ1n) is 7.15. The molecule has 1 amide bonds. The van der Waals surface area contributed by atoms with Crippen molar-refractivity contribution in [2.75, 3.05) is 0 Å². The van der Waals surface area contributed by atoms with Crippen LogP contribution in [0.3, 0.4) is 0 Å². The van der Waals surface area contributed by atoms with Gasteiger partial charge in [0.25, 0.3) is 0 Å². The van der Waals surface area contributed by atoms with E-state index in [4.69, 9.17) is 0 Å². The lowest BCUT2D eigenvalue weighted by molar-refractivity contribution is -0.149. The molecule has 2 N–H and O–H groups in total. The maximum absolute atomic E-state index is 11.8. The van der Waals surface area contributed by atoms with Crippen LogP contribution in [0.2, 0.25) is 0 Å². The molecule has 0 unspecified atom stereocenters. The fourth-order valence-electron chi connectivity index (χ4n) is 2.59. The second kappa shape index (κ2) is 7.39. The highest BCUT2D eigenvalue weighted by molar-refractivity contribution is 5.87. The topological polar surface area (TPSA) is 66.4 Å². The van der Waals surface area contributed by atoms with Crippen molar-refractivity contribution in [2.24, 2.45) is 0 Å². The predicted octanol–water partition coefficient (Wildman–Crippen LogP) is 2.86. The minimum atomic E-state index is -0.986. The summed E-state index contributed by atoms with van der Waals surface area (Å²) in [6.07, 6.45) is 8.63. The maximum atomic E-state index is 11.8. The van der Waals surface area contributed by atoms with Crippen molar-refractivity contribution >= 4 is 11.9 Å². The van der Waals surface area contributed by atoms with Gasteiger partial charge in [-0.05, 0) is 19.3 Å². The van der Waals surface area contributed by atoms with Crippen molar-refractivity contribution in [1.29, 1.82) is 0 Å². The molecule has 1 aliphatic rings. The van der Waals surface area contributed by atoms with Gasteiger partial charge in [0.2, 0.25) is 5.91 Å². The second-order valence-corrected chi connectivity index (χ2v) is 5.31. The van der Waals surface area contributed by atoms with Crippen LogP contribution in [0.1, 0.15) is 71.1 Å². The zero-order valence-corrected chi connectivity index (χ0v) is 11.3. The summed E-state index contributed by atoms with van der Waals surface area (Å²) in [6, 6.07) is 0. The molecule has 18 heavy (non-hydrogen) atoms. The quantitative estimate of drug-likeness (QED) is 0.687. The molecule has 4 heteroatoms. The van der Waals surface area contributed by atoms with E-state index in [1.54, 1.807) is 0 Å². The Morgan fingerprint density at radius 3 is 2.33 bits per heavy atom. The average molecular weight is 255 g/mol. The van der Waals surface area contributed by atoms with Crippen LogP contribution in [0, 0.1) is 0 Å². The number of amides is 1. The first kappa shape index (κ1) is 15.0. The van der Waals surface area contributed by atoms with E-state index in [2.05, 4.69) is 12.2 Å². The molecule has 104 valence electrons. The summed E-state index contributed by atoms with van der Waals surface area (Å²) < 4.78 is 0. The Balaban J connectivity index is 2.41. The number of aliphatic carboxylic acids is 1. The zero-order chi connectivity index (χ0) is 13.4. The normalized spacial score (nSPS) is 18.3. The van der Waals surface area contributed by atoms with Crippen LogP contribution < -0.4 is 5.32 Å². The largest absolute Gasteiger partial charge is 0.480 e. The number of carbonyl (C=O) groups excluding carboxylic acids is 1. The summed E-state index contributed by atoms with van der Waals surface area (Å²) in [5, 5.41) is 12.1. The van der Waals surface area contributed by atoms with Crippen LogP contribution in [0.25, 0.3) is 0 Å². The van der Waals surface area contributed by atoms with Crippen LogP contribution >= 0.6 is 0 Å². The Kier molecular flexibility index (Phi) is 6.16. The summed E-state index contributed by atoms with van der Waals surface area (Å²) >= 11 is 0. The van der Waals surface area contributed by atoms with Gasteiger partial charge >= 0.3 is 5.97 Å². The molecule has 1 fully saturated rings.